The third kappa shape index (κ3) is 3.46. The van der Waals surface area contributed by atoms with E-state index < -0.39 is 23.8 Å². The standard InChI is InChI=1S/C10H14N6O4/c11-6-2-1-3-7(10(19)20)16(14-13-12)15-8(17)4-5-9(15)18/h4-5,7H,1-3,6,11H2,(H,19,20)/t7-/m0/s1. The Morgan fingerprint density at radius 3 is 2.50 bits per heavy atom. The molecule has 0 saturated carbocycles. The Balaban J connectivity index is 2.96. The van der Waals surface area contributed by atoms with E-state index >= 15 is 0 Å². The molecule has 0 unspecified atom stereocenters. The summed E-state index contributed by atoms with van der Waals surface area (Å²) >= 11 is 0. The van der Waals surface area contributed by atoms with E-state index in [1.54, 1.807) is 0 Å². The zero-order valence-corrected chi connectivity index (χ0v) is 10.5. The lowest BCUT2D eigenvalue weighted by molar-refractivity contribution is -0.168. The van der Waals surface area contributed by atoms with E-state index in [-0.39, 0.29) is 6.42 Å². The maximum Gasteiger partial charge on any atom is 0.351 e. The van der Waals surface area contributed by atoms with E-state index in [9.17, 15) is 19.5 Å². The number of carboxylic acid groups (broad SMARTS) is 1. The summed E-state index contributed by atoms with van der Waals surface area (Å²) in [6, 6.07) is -1.31. The van der Waals surface area contributed by atoms with Crippen molar-refractivity contribution in [2.45, 2.75) is 25.3 Å². The lowest BCUT2D eigenvalue weighted by Gasteiger charge is -2.26. The minimum atomic E-state index is -1.31. The number of unbranched alkanes of at least 4 members (excludes halogenated alkanes) is 1. The number of azide groups is 1. The number of hydrogen-bond donors (Lipinski definition) is 2. The first-order chi connectivity index (χ1) is 9.52. The molecule has 0 aliphatic carbocycles. The third-order valence-corrected chi connectivity index (χ3v) is 2.62. The van der Waals surface area contributed by atoms with Crippen LogP contribution in [0.3, 0.4) is 0 Å². The summed E-state index contributed by atoms with van der Waals surface area (Å²) in [7, 11) is 0. The highest BCUT2D eigenvalue weighted by Gasteiger charge is 2.40. The van der Waals surface area contributed by atoms with Gasteiger partial charge in [-0.2, -0.15) is 4.91 Å². The van der Waals surface area contributed by atoms with Gasteiger partial charge in [0.2, 0.25) is 6.04 Å². The highest BCUT2D eigenvalue weighted by Crippen LogP contribution is 2.17. The number of carbonyl (C=O) groups is 3. The van der Waals surface area contributed by atoms with Gasteiger partial charge < -0.3 is 10.8 Å². The van der Waals surface area contributed by atoms with Crippen molar-refractivity contribution < 1.29 is 19.5 Å². The average Bonchev–Trinajstić information content (AvgIpc) is 2.72. The van der Waals surface area contributed by atoms with Crippen molar-refractivity contribution in [3.05, 3.63) is 22.6 Å². The Labute approximate surface area is 114 Å². The molecule has 0 aromatic rings. The fraction of sp³-hybridized carbons (Fsp3) is 0.500. The number of aliphatic carboxylic acids is 1. The largest absolute Gasteiger partial charge is 0.478 e. The second-order valence-corrected chi connectivity index (χ2v) is 3.96. The number of amides is 2. The maximum atomic E-state index is 11.5. The molecule has 10 nitrogen and oxygen atoms in total. The van der Waals surface area contributed by atoms with E-state index in [2.05, 4.69) is 10.1 Å². The van der Waals surface area contributed by atoms with Crippen molar-refractivity contribution in [2.24, 2.45) is 11.0 Å². The molecule has 10 heteroatoms. The molecule has 1 aliphatic rings. The Morgan fingerprint density at radius 1 is 1.45 bits per heavy atom. The van der Waals surface area contributed by atoms with Crippen molar-refractivity contribution in [1.82, 2.24) is 10.1 Å². The second kappa shape index (κ2) is 7.12. The summed E-state index contributed by atoms with van der Waals surface area (Å²) < 4.78 is 0. The Bertz CT molecular complexity index is 466. The molecule has 1 aliphatic heterocycles. The van der Waals surface area contributed by atoms with Crippen LogP contribution in [0.2, 0.25) is 0 Å². The van der Waals surface area contributed by atoms with E-state index in [0.29, 0.717) is 29.5 Å². The summed E-state index contributed by atoms with van der Waals surface area (Å²) in [5, 5.41) is 13.4. The number of imide groups is 1. The van der Waals surface area contributed by atoms with E-state index in [1.165, 1.54) is 0 Å². The van der Waals surface area contributed by atoms with Crippen molar-refractivity contribution in [1.29, 1.82) is 0 Å². The summed E-state index contributed by atoms with van der Waals surface area (Å²) in [4.78, 5) is 36.8. The van der Waals surface area contributed by atoms with Gasteiger partial charge in [-0.1, -0.05) is 5.01 Å². The number of carbonyl (C=O) groups excluding carboxylic acids is 2. The van der Waals surface area contributed by atoms with Crippen LogP contribution in [0.25, 0.3) is 10.4 Å². The van der Waals surface area contributed by atoms with Crippen LogP contribution in [0.1, 0.15) is 19.3 Å². The number of carboxylic acids is 1. The molecule has 0 bridgehead atoms. The molecular formula is C10H14N6O4. The summed E-state index contributed by atoms with van der Waals surface area (Å²) in [6.07, 6.45) is 3.06. The predicted octanol–water partition coefficient (Wildman–Crippen LogP) is -0.0641. The first-order valence-corrected chi connectivity index (χ1v) is 5.86. The number of hydrogen-bond acceptors (Lipinski definition) is 5. The van der Waals surface area contributed by atoms with Gasteiger partial charge in [-0.25, -0.2) is 4.79 Å². The van der Waals surface area contributed by atoms with Gasteiger partial charge in [0.1, 0.15) is 0 Å². The highest BCUT2D eigenvalue weighted by atomic mass is 16.4. The molecule has 20 heavy (non-hydrogen) atoms. The summed E-state index contributed by atoms with van der Waals surface area (Å²) in [6.45, 7) is 0.386. The molecule has 0 spiro atoms. The Hall–Kier alpha value is -2.58. The Kier molecular flexibility index (Phi) is 5.51. The van der Waals surface area contributed by atoms with Gasteiger partial charge in [-0.05, 0) is 19.4 Å². The smallest absolute Gasteiger partial charge is 0.351 e. The van der Waals surface area contributed by atoms with Crippen LogP contribution < -0.4 is 5.73 Å². The molecule has 0 radical (unpaired) electrons. The van der Waals surface area contributed by atoms with Gasteiger partial charge in [-0.3, -0.25) is 9.59 Å². The number of nitrogens with zero attached hydrogens (tertiary/aromatic N) is 5. The van der Waals surface area contributed by atoms with E-state index in [4.69, 9.17) is 11.3 Å². The zero-order chi connectivity index (χ0) is 15.1. The second-order valence-electron chi connectivity index (χ2n) is 3.96. The lowest BCUT2D eigenvalue weighted by Crippen LogP contribution is -2.51. The normalized spacial score (nSPS) is 15.2. The predicted molar refractivity (Wildman–Crippen MR) is 66.3 cm³/mol. The molecular weight excluding hydrogens is 268 g/mol. The molecule has 0 saturated heterocycles. The first kappa shape index (κ1) is 15.5. The molecule has 1 heterocycles. The number of nitrogens with two attached hydrogens (primary N) is 1. The molecule has 1 atom stereocenters. The van der Waals surface area contributed by atoms with Gasteiger partial charge in [0.05, 0.1) is 0 Å². The van der Waals surface area contributed by atoms with E-state index in [1.807, 2.05) is 0 Å². The molecule has 0 fully saturated rings. The zero-order valence-electron chi connectivity index (χ0n) is 10.5. The van der Waals surface area contributed by atoms with Crippen LogP contribution in [-0.2, 0) is 14.4 Å². The molecule has 0 aromatic heterocycles. The van der Waals surface area contributed by atoms with Crippen LogP contribution in [0.5, 0.6) is 0 Å². The van der Waals surface area contributed by atoms with Crippen LogP contribution in [0, 0.1) is 0 Å². The Morgan fingerprint density at radius 2 is 2.05 bits per heavy atom. The van der Waals surface area contributed by atoms with Crippen LogP contribution in [0.15, 0.2) is 17.4 Å². The first-order valence-electron chi connectivity index (χ1n) is 5.86. The number of hydrazine groups is 1. The molecule has 108 valence electrons. The summed E-state index contributed by atoms with van der Waals surface area (Å²) in [5.74, 6) is -2.82. The van der Waals surface area contributed by atoms with Crippen molar-refractivity contribution >= 4 is 17.8 Å². The van der Waals surface area contributed by atoms with Gasteiger partial charge >= 0.3 is 5.97 Å². The van der Waals surface area contributed by atoms with E-state index in [0.717, 1.165) is 12.2 Å². The fourth-order valence-corrected chi connectivity index (χ4v) is 1.70. The van der Waals surface area contributed by atoms with Gasteiger partial charge in [-0.15, -0.1) is 10.6 Å². The molecule has 1 rings (SSSR count). The molecule has 0 aromatic carbocycles. The van der Waals surface area contributed by atoms with Crippen molar-refractivity contribution in [3.63, 3.8) is 0 Å². The quantitative estimate of drug-likeness (QED) is 0.159. The topological polar surface area (TPSA) is 153 Å². The minimum Gasteiger partial charge on any atom is -0.478 e. The van der Waals surface area contributed by atoms with Crippen LogP contribution in [-0.4, -0.2) is 45.6 Å². The monoisotopic (exact) mass is 282 g/mol. The van der Waals surface area contributed by atoms with Gasteiger partial charge in [0.25, 0.3) is 11.8 Å². The van der Waals surface area contributed by atoms with Gasteiger partial charge in [0, 0.05) is 23.8 Å². The molecule has 3 N–H and O–H groups in total. The van der Waals surface area contributed by atoms with Crippen LogP contribution >= 0.6 is 0 Å². The third-order valence-electron chi connectivity index (χ3n) is 2.62. The fourth-order valence-electron chi connectivity index (χ4n) is 1.70. The van der Waals surface area contributed by atoms with Gasteiger partial charge in [0.15, 0.2) is 0 Å². The lowest BCUT2D eigenvalue weighted by atomic mass is 10.1. The highest BCUT2D eigenvalue weighted by molar-refractivity contribution is 6.12. The maximum absolute atomic E-state index is 11.5. The summed E-state index contributed by atoms with van der Waals surface area (Å²) in [5.41, 5.74) is 13.8. The van der Waals surface area contributed by atoms with Crippen molar-refractivity contribution in [2.75, 3.05) is 6.54 Å². The van der Waals surface area contributed by atoms with Crippen LogP contribution in [0.4, 0.5) is 0 Å². The molecule has 2 amide bonds. The minimum absolute atomic E-state index is 0.0859. The number of rotatable bonds is 8. The SMILES string of the molecule is [N-]=[N+]=NN([C@@H](CCCCN)C(=O)O)N1C(=O)C=CC1=O. The average molecular weight is 282 g/mol. The van der Waals surface area contributed by atoms with Crippen molar-refractivity contribution in [3.8, 4) is 0 Å².